The van der Waals surface area contributed by atoms with E-state index < -0.39 is 65.8 Å². The molecule has 0 bridgehead atoms. The van der Waals surface area contributed by atoms with Crippen LogP contribution in [0.3, 0.4) is 0 Å². The average Bonchev–Trinajstić information content (AvgIpc) is 3.45. The summed E-state index contributed by atoms with van der Waals surface area (Å²) in [4.78, 5) is 59.4. The zero-order valence-electron chi connectivity index (χ0n) is 21.4. The van der Waals surface area contributed by atoms with Crippen LogP contribution in [-0.2, 0) is 24.0 Å². The molecule has 14 unspecified atom stereocenters. The second-order valence-electron chi connectivity index (χ2n) is 12.8. The fourth-order valence-corrected chi connectivity index (χ4v) is 8.93. The number of amides is 2. The Morgan fingerprint density at radius 2 is 1.55 bits per heavy atom. The van der Waals surface area contributed by atoms with Crippen molar-refractivity contribution in [1.82, 2.24) is 10.2 Å². The van der Waals surface area contributed by atoms with Crippen LogP contribution in [-0.4, -0.2) is 88.5 Å². The number of nitrogens with one attached hydrogen (secondary N) is 1. The number of Topliss-reactive ketones (excluding diaryl/α,β-unsaturated/α-hetero) is 2. The molecule has 0 spiro atoms. The Hall–Kier alpha value is -1.96. The van der Waals surface area contributed by atoms with Crippen molar-refractivity contribution in [2.75, 3.05) is 19.6 Å². The highest BCUT2D eigenvalue weighted by Crippen LogP contribution is 2.54. The smallest absolute Gasteiger partial charge is 0.234 e. The number of fused-ring (bicyclic) bond motifs is 4. The van der Waals surface area contributed by atoms with E-state index >= 15 is 0 Å². The first-order chi connectivity index (χ1) is 18.1. The predicted octanol–water partition coefficient (Wildman–Crippen LogP) is -2.72. The van der Waals surface area contributed by atoms with Crippen LogP contribution in [0.5, 0.6) is 0 Å². The van der Waals surface area contributed by atoms with Gasteiger partial charge in [0.2, 0.25) is 11.8 Å². The van der Waals surface area contributed by atoms with E-state index in [0.29, 0.717) is 31.1 Å². The maximum absolute atomic E-state index is 14.0. The van der Waals surface area contributed by atoms with Gasteiger partial charge in [-0.2, -0.15) is 0 Å². The summed E-state index contributed by atoms with van der Waals surface area (Å²) in [6.07, 6.45) is -0.468. The van der Waals surface area contributed by atoms with E-state index in [9.17, 15) is 29.4 Å². The molecule has 12 heteroatoms. The minimum atomic E-state index is -1.37. The maximum atomic E-state index is 14.0. The van der Waals surface area contributed by atoms with Gasteiger partial charge in [0.05, 0.1) is 42.7 Å². The third-order valence-electron chi connectivity index (χ3n) is 10.7. The summed E-state index contributed by atoms with van der Waals surface area (Å²) in [5, 5.41) is 24.8. The Morgan fingerprint density at radius 3 is 2.21 bits per heavy atom. The third-order valence-corrected chi connectivity index (χ3v) is 10.7. The lowest BCUT2D eigenvalue weighted by Gasteiger charge is -2.55. The van der Waals surface area contributed by atoms with E-state index in [1.54, 1.807) is 0 Å². The Kier molecular flexibility index (Phi) is 6.64. The number of rotatable bonds is 5. The van der Waals surface area contributed by atoms with Gasteiger partial charge in [0.1, 0.15) is 11.7 Å². The second-order valence-corrected chi connectivity index (χ2v) is 12.8. The molecule has 38 heavy (non-hydrogen) atoms. The second kappa shape index (κ2) is 9.60. The molecule has 2 amide bonds. The molecule has 0 radical (unpaired) electrons. The molecule has 6 fully saturated rings. The summed E-state index contributed by atoms with van der Waals surface area (Å²) in [7, 11) is 0. The van der Waals surface area contributed by atoms with Gasteiger partial charge in [-0.3, -0.25) is 28.9 Å². The minimum Gasteiger partial charge on any atom is -0.392 e. The van der Waals surface area contributed by atoms with Crippen LogP contribution < -0.4 is 22.7 Å². The average molecular weight is 534 g/mol. The first-order valence-corrected chi connectivity index (χ1v) is 13.9. The number of nitrogens with two attached hydrogens (primary N) is 3. The fourth-order valence-electron chi connectivity index (χ4n) is 8.93. The molecule has 1 aliphatic heterocycles. The fraction of sp³-hybridized carbons (Fsp3) is 0.846. The van der Waals surface area contributed by atoms with Gasteiger partial charge in [-0.1, -0.05) is 0 Å². The summed E-state index contributed by atoms with van der Waals surface area (Å²) in [6.45, 7) is 2.11. The van der Waals surface area contributed by atoms with Crippen molar-refractivity contribution in [3.8, 4) is 0 Å². The van der Waals surface area contributed by atoms with Gasteiger partial charge in [0, 0.05) is 25.0 Å². The van der Waals surface area contributed by atoms with Crippen molar-refractivity contribution >= 4 is 23.4 Å². The standard InChI is InChI=1S/C26H39N5O7/c27-14-5-15(30-17(33)8-31-6-11-2-12(11)7-31)22(34)20-13(14)3-9-1-10-4-16(32)21(26(28)37)24(36)19(10)25(38-29)18(9)23(20)35/h9-16,18-22,25,32,34H,1-8,27,29H2,(H2,28,37)(H,30,33). The van der Waals surface area contributed by atoms with E-state index in [-0.39, 0.29) is 42.4 Å². The SMILES string of the molecule is NOC1C2C(=O)C(C(N)=O)C(O)CC2CC2CC3C(N)CC(NC(=O)CN4CC5CC5C4)C(O)C3C(=O)C21. The monoisotopic (exact) mass is 533 g/mol. The van der Waals surface area contributed by atoms with Crippen LogP contribution in [0.2, 0.25) is 0 Å². The quantitative estimate of drug-likeness (QED) is 0.159. The van der Waals surface area contributed by atoms with Gasteiger partial charge >= 0.3 is 0 Å². The molecule has 6 rings (SSSR count). The number of piperidine rings is 1. The van der Waals surface area contributed by atoms with Crippen LogP contribution in [0.15, 0.2) is 0 Å². The molecular weight excluding hydrogens is 494 g/mol. The molecule has 5 aliphatic carbocycles. The summed E-state index contributed by atoms with van der Waals surface area (Å²) in [5.74, 6) is 0.605. The third kappa shape index (κ3) is 4.20. The van der Waals surface area contributed by atoms with E-state index in [1.807, 2.05) is 0 Å². The Labute approximate surface area is 220 Å². The van der Waals surface area contributed by atoms with Crippen LogP contribution in [0, 0.1) is 53.3 Å². The summed E-state index contributed by atoms with van der Waals surface area (Å²) in [6, 6.07) is -1.05. The summed E-state index contributed by atoms with van der Waals surface area (Å²) in [5.41, 5.74) is 12.0. The molecule has 14 atom stereocenters. The number of carbonyl (C=O) groups excluding carboxylic acids is 4. The van der Waals surface area contributed by atoms with Crippen molar-refractivity contribution in [3.05, 3.63) is 0 Å². The number of nitrogens with zero attached hydrogens (tertiary/aromatic N) is 1. The minimum absolute atomic E-state index is 0.185. The van der Waals surface area contributed by atoms with Gasteiger partial charge in [-0.15, -0.1) is 0 Å². The molecule has 0 aromatic carbocycles. The summed E-state index contributed by atoms with van der Waals surface area (Å²) < 4.78 is 0. The highest BCUT2D eigenvalue weighted by molar-refractivity contribution is 6.03. The number of aliphatic hydroxyl groups excluding tert-OH is 2. The maximum Gasteiger partial charge on any atom is 0.234 e. The highest BCUT2D eigenvalue weighted by Gasteiger charge is 2.62. The first kappa shape index (κ1) is 26.3. The van der Waals surface area contributed by atoms with Gasteiger partial charge in [0.25, 0.3) is 0 Å². The predicted molar refractivity (Wildman–Crippen MR) is 131 cm³/mol. The molecule has 6 aliphatic rings. The first-order valence-electron chi connectivity index (χ1n) is 13.9. The lowest BCUT2D eigenvalue weighted by molar-refractivity contribution is -0.181. The number of ketones is 2. The van der Waals surface area contributed by atoms with E-state index in [1.165, 1.54) is 6.42 Å². The molecule has 210 valence electrons. The van der Waals surface area contributed by atoms with Gasteiger partial charge in [-0.25, -0.2) is 5.90 Å². The normalized spacial score (nSPS) is 49.9. The number of carbonyl (C=O) groups is 4. The Morgan fingerprint density at radius 1 is 0.921 bits per heavy atom. The molecule has 0 aromatic rings. The lowest BCUT2D eigenvalue weighted by Crippen LogP contribution is -2.67. The molecule has 1 saturated heterocycles. The van der Waals surface area contributed by atoms with E-state index in [4.69, 9.17) is 22.2 Å². The van der Waals surface area contributed by atoms with Crippen molar-refractivity contribution in [2.24, 2.45) is 70.6 Å². The van der Waals surface area contributed by atoms with Crippen molar-refractivity contribution in [3.63, 3.8) is 0 Å². The zero-order chi connectivity index (χ0) is 27.0. The number of likely N-dealkylation sites (tertiary alicyclic amines) is 1. The van der Waals surface area contributed by atoms with E-state index in [2.05, 4.69) is 10.2 Å². The van der Waals surface area contributed by atoms with E-state index in [0.717, 1.165) is 13.1 Å². The molecular formula is C26H39N5O7. The summed E-state index contributed by atoms with van der Waals surface area (Å²) >= 11 is 0. The Bertz CT molecular complexity index is 1020. The van der Waals surface area contributed by atoms with Gasteiger partial charge in [0.15, 0.2) is 5.78 Å². The molecule has 0 aromatic heterocycles. The number of hydrogen-bond donors (Lipinski definition) is 6. The molecule has 5 saturated carbocycles. The molecule has 12 nitrogen and oxygen atoms in total. The van der Waals surface area contributed by atoms with Crippen molar-refractivity contribution in [2.45, 2.75) is 62.5 Å². The Balaban J connectivity index is 1.19. The van der Waals surface area contributed by atoms with Crippen LogP contribution in [0.1, 0.15) is 32.1 Å². The van der Waals surface area contributed by atoms with Crippen LogP contribution in [0.4, 0.5) is 0 Å². The van der Waals surface area contributed by atoms with Crippen molar-refractivity contribution in [1.29, 1.82) is 0 Å². The van der Waals surface area contributed by atoms with Gasteiger partial charge < -0.3 is 27.0 Å². The largest absolute Gasteiger partial charge is 0.392 e. The zero-order valence-corrected chi connectivity index (χ0v) is 21.4. The highest BCUT2D eigenvalue weighted by atomic mass is 16.6. The van der Waals surface area contributed by atoms with Crippen LogP contribution in [0.25, 0.3) is 0 Å². The lowest BCUT2D eigenvalue weighted by atomic mass is 9.50. The van der Waals surface area contributed by atoms with Crippen molar-refractivity contribution < 1.29 is 34.2 Å². The van der Waals surface area contributed by atoms with Crippen LogP contribution >= 0.6 is 0 Å². The number of hydrogen-bond acceptors (Lipinski definition) is 10. The number of aliphatic hydroxyl groups is 2. The topological polar surface area (TPSA) is 211 Å². The molecule has 1 heterocycles. The number of primary amides is 1. The van der Waals surface area contributed by atoms with Gasteiger partial charge in [-0.05, 0) is 61.7 Å². The molecule has 9 N–H and O–H groups in total.